The molecule has 78 valence electrons. The van der Waals surface area contributed by atoms with Crippen LogP contribution in [0.5, 0.6) is 0 Å². The average molecular weight is 198 g/mol. The molecule has 0 saturated carbocycles. The maximum Gasteiger partial charge on any atom is 0.325 e. The highest BCUT2D eigenvalue weighted by Crippen LogP contribution is 1.96. The Morgan fingerprint density at radius 2 is 2.14 bits per heavy atom. The fourth-order valence-electron chi connectivity index (χ4n) is 0.962. The zero-order chi connectivity index (χ0) is 11.0. The van der Waals surface area contributed by atoms with Crippen LogP contribution in [0.25, 0.3) is 0 Å². The highest BCUT2D eigenvalue weighted by molar-refractivity contribution is 5.83. The maximum absolute atomic E-state index is 11.3. The summed E-state index contributed by atoms with van der Waals surface area (Å²) in [7, 11) is 1.27. The van der Waals surface area contributed by atoms with Crippen molar-refractivity contribution >= 4 is 11.9 Å². The molecule has 0 spiro atoms. The van der Waals surface area contributed by atoms with E-state index in [2.05, 4.69) is 4.74 Å². The van der Waals surface area contributed by atoms with Crippen LogP contribution in [0, 0.1) is 11.3 Å². The van der Waals surface area contributed by atoms with Crippen molar-refractivity contribution in [2.24, 2.45) is 0 Å². The maximum atomic E-state index is 11.3. The summed E-state index contributed by atoms with van der Waals surface area (Å²) in [5.41, 5.74) is 0. The van der Waals surface area contributed by atoms with Gasteiger partial charge in [-0.2, -0.15) is 5.26 Å². The van der Waals surface area contributed by atoms with Gasteiger partial charge in [0.1, 0.15) is 13.0 Å². The van der Waals surface area contributed by atoms with Gasteiger partial charge in [0.05, 0.1) is 13.2 Å². The van der Waals surface area contributed by atoms with Gasteiger partial charge in [0.2, 0.25) is 5.91 Å². The van der Waals surface area contributed by atoms with Crippen LogP contribution >= 0.6 is 0 Å². The molecule has 0 aromatic rings. The zero-order valence-corrected chi connectivity index (χ0v) is 8.45. The molecule has 0 bridgehead atoms. The van der Waals surface area contributed by atoms with Crippen LogP contribution in [0.2, 0.25) is 0 Å². The van der Waals surface area contributed by atoms with Crippen LogP contribution in [-0.4, -0.2) is 37.0 Å². The predicted octanol–water partition coefficient (Wildman–Crippen LogP) is 0.312. The van der Waals surface area contributed by atoms with Gasteiger partial charge in [-0.1, -0.05) is 6.92 Å². The van der Waals surface area contributed by atoms with Gasteiger partial charge in [-0.3, -0.25) is 9.59 Å². The van der Waals surface area contributed by atoms with E-state index in [0.717, 1.165) is 6.42 Å². The van der Waals surface area contributed by atoms with Gasteiger partial charge in [-0.05, 0) is 6.42 Å². The average Bonchev–Trinajstić information content (AvgIpc) is 2.17. The Bertz CT molecular complexity index is 245. The number of ether oxygens (including phenoxy) is 1. The lowest BCUT2D eigenvalue weighted by Gasteiger charge is -2.19. The molecular formula is C9H14N2O3. The summed E-state index contributed by atoms with van der Waals surface area (Å²) in [6.07, 6.45) is 0.547. The Kier molecular flexibility index (Phi) is 6.12. The number of amides is 1. The van der Waals surface area contributed by atoms with E-state index in [0.29, 0.717) is 6.54 Å². The number of carbonyl (C=O) groups is 2. The Morgan fingerprint density at radius 3 is 2.57 bits per heavy atom. The van der Waals surface area contributed by atoms with E-state index in [1.807, 2.05) is 6.92 Å². The highest BCUT2D eigenvalue weighted by Gasteiger charge is 2.15. The van der Waals surface area contributed by atoms with Crippen LogP contribution in [-0.2, 0) is 14.3 Å². The van der Waals surface area contributed by atoms with E-state index in [1.54, 1.807) is 6.07 Å². The lowest BCUT2D eigenvalue weighted by Crippen LogP contribution is -2.36. The van der Waals surface area contributed by atoms with Gasteiger partial charge < -0.3 is 9.64 Å². The van der Waals surface area contributed by atoms with E-state index in [1.165, 1.54) is 12.0 Å². The molecule has 0 unspecified atom stereocenters. The normalized spacial score (nSPS) is 8.93. The van der Waals surface area contributed by atoms with Gasteiger partial charge in [0, 0.05) is 6.54 Å². The number of nitrogens with zero attached hydrogens (tertiary/aromatic N) is 2. The molecule has 5 nitrogen and oxygen atoms in total. The summed E-state index contributed by atoms with van der Waals surface area (Å²) >= 11 is 0. The fraction of sp³-hybridized carbons (Fsp3) is 0.667. The summed E-state index contributed by atoms with van der Waals surface area (Å²) < 4.78 is 4.44. The first-order valence-corrected chi connectivity index (χ1v) is 4.37. The summed E-state index contributed by atoms with van der Waals surface area (Å²) in [5, 5.41) is 8.33. The predicted molar refractivity (Wildman–Crippen MR) is 49.1 cm³/mol. The van der Waals surface area contributed by atoms with Crippen molar-refractivity contribution in [2.45, 2.75) is 19.8 Å². The topological polar surface area (TPSA) is 70.4 Å². The van der Waals surface area contributed by atoms with Gasteiger partial charge in [0.25, 0.3) is 0 Å². The second-order valence-electron chi connectivity index (χ2n) is 2.73. The third-order valence-electron chi connectivity index (χ3n) is 1.62. The van der Waals surface area contributed by atoms with Gasteiger partial charge >= 0.3 is 5.97 Å². The Hall–Kier alpha value is -1.57. The quantitative estimate of drug-likeness (QED) is 0.596. The lowest BCUT2D eigenvalue weighted by molar-refractivity contribution is -0.146. The minimum absolute atomic E-state index is 0.0785. The highest BCUT2D eigenvalue weighted by atomic mass is 16.5. The molecule has 0 aliphatic carbocycles. The van der Waals surface area contributed by atoms with E-state index < -0.39 is 5.97 Å². The fourth-order valence-corrected chi connectivity index (χ4v) is 0.962. The minimum Gasteiger partial charge on any atom is -0.468 e. The minimum atomic E-state index is -0.468. The van der Waals surface area contributed by atoms with Gasteiger partial charge in [-0.25, -0.2) is 0 Å². The molecule has 0 aromatic carbocycles. The molecule has 1 amide bonds. The van der Waals surface area contributed by atoms with E-state index in [4.69, 9.17) is 5.26 Å². The lowest BCUT2D eigenvalue weighted by atomic mass is 10.3. The van der Waals surface area contributed by atoms with Crippen molar-refractivity contribution in [3.8, 4) is 6.07 Å². The standard InChI is InChI=1S/C9H14N2O3/c1-3-6-11(7-9(13)14-2)8(12)4-5-10/h3-4,6-7H2,1-2H3. The Balaban J connectivity index is 4.21. The molecule has 0 fully saturated rings. The third kappa shape index (κ3) is 4.45. The molecule has 0 aliphatic rings. The first-order chi connectivity index (χ1) is 6.65. The first-order valence-electron chi connectivity index (χ1n) is 4.37. The molecule has 5 heteroatoms. The number of methoxy groups -OCH3 is 1. The van der Waals surface area contributed by atoms with Crippen LogP contribution in [0.1, 0.15) is 19.8 Å². The second kappa shape index (κ2) is 6.89. The van der Waals surface area contributed by atoms with Crippen LogP contribution in [0.4, 0.5) is 0 Å². The largest absolute Gasteiger partial charge is 0.468 e. The summed E-state index contributed by atoms with van der Waals surface area (Å²) in [4.78, 5) is 23.5. The van der Waals surface area contributed by atoms with Gasteiger partial charge in [0.15, 0.2) is 0 Å². The molecule has 14 heavy (non-hydrogen) atoms. The number of esters is 1. The third-order valence-corrected chi connectivity index (χ3v) is 1.62. The van der Waals surface area contributed by atoms with Gasteiger partial charge in [-0.15, -0.1) is 0 Å². The molecule has 0 heterocycles. The zero-order valence-electron chi connectivity index (χ0n) is 8.45. The first kappa shape index (κ1) is 12.4. The van der Waals surface area contributed by atoms with E-state index >= 15 is 0 Å². The molecule has 0 aromatic heterocycles. The number of nitriles is 1. The monoisotopic (exact) mass is 198 g/mol. The Morgan fingerprint density at radius 1 is 1.50 bits per heavy atom. The molecule has 0 rings (SSSR count). The smallest absolute Gasteiger partial charge is 0.325 e. The molecule has 0 aliphatic heterocycles. The molecule has 0 radical (unpaired) electrons. The summed E-state index contributed by atoms with van der Waals surface area (Å²) in [6, 6.07) is 1.75. The van der Waals surface area contributed by atoms with Crippen molar-refractivity contribution < 1.29 is 14.3 Å². The van der Waals surface area contributed by atoms with Crippen LogP contribution < -0.4 is 0 Å². The SMILES string of the molecule is CCCN(CC(=O)OC)C(=O)CC#N. The van der Waals surface area contributed by atoms with Crippen molar-refractivity contribution in [1.29, 1.82) is 5.26 Å². The Labute approximate surface area is 83.2 Å². The number of hydrogen-bond acceptors (Lipinski definition) is 4. The number of hydrogen-bond donors (Lipinski definition) is 0. The van der Waals surface area contributed by atoms with Crippen molar-refractivity contribution in [3.05, 3.63) is 0 Å². The van der Waals surface area contributed by atoms with Crippen LogP contribution in [0.3, 0.4) is 0 Å². The van der Waals surface area contributed by atoms with Crippen molar-refractivity contribution in [1.82, 2.24) is 4.90 Å². The van der Waals surface area contributed by atoms with E-state index in [9.17, 15) is 9.59 Å². The van der Waals surface area contributed by atoms with Crippen molar-refractivity contribution in [3.63, 3.8) is 0 Å². The molecular weight excluding hydrogens is 184 g/mol. The summed E-state index contributed by atoms with van der Waals surface area (Å²) in [5.74, 6) is -0.801. The second-order valence-corrected chi connectivity index (χ2v) is 2.73. The van der Waals surface area contributed by atoms with E-state index in [-0.39, 0.29) is 18.9 Å². The number of rotatable bonds is 5. The molecule has 0 saturated heterocycles. The molecule has 0 atom stereocenters. The summed E-state index contributed by atoms with van der Waals surface area (Å²) in [6.45, 7) is 2.28. The van der Waals surface area contributed by atoms with Crippen molar-refractivity contribution in [2.75, 3.05) is 20.2 Å². The molecule has 0 N–H and O–H groups in total. The van der Waals surface area contributed by atoms with Crippen LogP contribution in [0.15, 0.2) is 0 Å². The number of carbonyl (C=O) groups excluding carboxylic acids is 2.